The van der Waals surface area contributed by atoms with E-state index < -0.39 is 17.6 Å². The van der Waals surface area contributed by atoms with Crippen LogP contribution in [0.2, 0.25) is 0 Å². The molecule has 1 aromatic carbocycles. The van der Waals surface area contributed by atoms with Gasteiger partial charge in [-0.1, -0.05) is 6.07 Å². The molecule has 2 heterocycles. The van der Waals surface area contributed by atoms with Gasteiger partial charge in [0.05, 0.1) is 25.4 Å². The molecule has 0 atom stereocenters. The van der Waals surface area contributed by atoms with Gasteiger partial charge in [0.15, 0.2) is 5.79 Å². The fourth-order valence-corrected chi connectivity index (χ4v) is 2.91. The highest BCUT2D eigenvalue weighted by Gasteiger charge is 2.41. The van der Waals surface area contributed by atoms with Crippen LogP contribution in [0.4, 0.5) is 10.1 Å². The number of piperidine rings is 1. The van der Waals surface area contributed by atoms with Crippen LogP contribution in [0.5, 0.6) is 0 Å². The first-order valence-electron chi connectivity index (χ1n) is 6.66. The maximum absolute atomic E-state index is 13.8. The zero-order valence-corrected chi connectivity index (χ0v) is 11.0. The third-order valence-electron chi connectivity index (χ3n) is 3.78. The number of halogens is 1. The largest absolute Gasteiger partial charge is 0.478 e. The maximum Gasteiger partial charge on any atom is 0.340 e. The van der Waals surface area contributed by atoms with Gasteiger partial charge in [0.2, 0.25) is 0 Å². The van der Waals surface area contributed by atoms with Gasteiger partial charge in [0, 0.05) is 13.0 Å². The third kappa shape index (κ3) is 2.25. The van der Waals surface area contributed by atoms with E-state index in [1.165, 1.54) is 6.07 Å². The minimum atomic E-state index is -1.26. The van der Waals surface area contributed by atoms with E-state index in [1.54, 1.807) is 6.07 Å². The van der Waals surface area contributed by atoms with Gasteiger partial charge in [-0.15, -0.1) is 0 Å². The summed E-state index contributed by atoms with van der Waals surface area (Å²) in [6.07, 6.45) is 1.59. The van der Waals surface area contributed by atoms with E-state index in [0.29, 0.717) is 32.0 Å². The topological polar surface area (TPSA) is 59.0 Å². The number of hydrogen-bond donors (Lipinski definition) is 1. The second-order valence-electron chi connectivity index (χ2n) is 5.07. The highest BCUT2D eigenvalue weighted by Crippen LogP contribution is 2.34. The number of aromatic carboxylic acids is 1. The number of ether oxygens (including phenoxy) is 2. The minimum absolute atomic E-state index is 0.289. The van der Waals surface area contributed by atoms with Crippen molar-refractivity contribution in [2.45, 2.75) is 18.6 Å². The first-order chi connectivity index (χ1) is 9.61. The van der Waals surface area contributed by atoms with Crippen LogP contribution in [0.25, 0.3) is 0 Å². The van der Waals surface area contributed by atoms with Crippen LogP contribution in [0.1, 0.15) is 23.2 Å². The van der Waals surface area contributed by atoms with Crippen molar-refractivity contribution < 1.29 is 23.8 Å². The molecule has 0 unspecified atom stereocenters. The summed E-state index contributed by atoms with van der Waals surface area (Å²) in [6.45, 7) is 2.18. The van der Waals surface area contributed by atoms with E-state index in [1.807, 2.05) is 4.90 Å². The molecule has 0 aromatic heterocycles. The second-order valence-corrected chi connectivity index (χ2v) is 5.07. The predicted molar refractivity (Wildman–Crippen MR) is 69.4 cm³/mol. The Kier molecular flexibility index (Phi) is 3.35. The van der Waals surface area contributed by atoms with Gasteiger partial charge in [-0.2, -0.15) is 0 Å². The van der Waals surface area contributed by atoms with Crippen LogP contribution >= 0.6 is 0 Å². The predicted octanol–water partition coefficient (Wildman–Crippen LogP) is 1.87. The SMILES string of the molecule is O=C(O)c1c(F)cccc1N1CCCC2(C1)OCCO2. The summed E-state index contributed by atoms with van der Waals surface area (Å²) < 4.78 is 25.1. The average molecular weight is 281 g/mol. The van der Waals surface area contributed by atoms with Crippen molar-refractivity contribution in [3.63, 3.8) is 0 Å². The summed E-state index contributed by atoms with van der Waals surface area (Å²) in [5.41, 5.74) is 0.0956. The normalized spacial score (nSPS) is 21.4. The lowest BCUT2D eigenvalue weighted by Crippen LogP contribution is -2.49. The van der Waals surface area contributed by atoms with Gasteiger partial charge in [0.25, 0.3) is 0 Å². The van der Waals surface area contributed by atoms with Crippen LogP contribution in [0.15, 0.2) is 18.2 Å². The first kappa shape index (κ1) is 13.3. The lowest BCUT2D eigenvalue weighted by atomic mass is 10.0. The highest BCUT2D eigenvalue weighted by molar-refractivity contribution is 5.94. The molecule has 3 rings (SSSR count). The molecule has 108 valence electrons. The lowest BCUT2D eigenvalue weighted by molar-refractivity contribution is -0.161. The standard InChI is InChI=1S/C14H16FNO4/c15-10-3-1-4-11(12(10)13(17)18)16-6-2-5-14(9-16)19-7-8-20-14/h1,3-4H,2,5-9H2,(H,17,18). The third-order valence-corrected chi connectivity index (χ3v) is 3.78. The molecular weight excluding hydrogens is 265 g/mol. The molecule has 0 aliphatic carbocycles. The van der Waals surface area contributed by atoms with Crippen molar-refractivity contribution in [2.75, 3.05) is 31.2 Å². The number of carboxylic acids is 1. The molecule has 5 nitrogen and oxygen atoms in total. The van der Waals surface area contributed by atoms with Gasteiger partial charge >= 0.3 is 5.97 Å². The molecule has 1 spiro atoms. The first-order valence-corrected chi connectivity index (χ1v) is 6.66. The van der Waals surface area contributed by atoms with Crippen molar-refractivity contribution in [3.05, 3.63) is 29.6 Å². The maximum atomic E-state index is 13.8. The Bertz CT molecular complexity index is 528. The Hall–Kier alpha value is -1.66. The molecule has 2 fully saturated rings. The Morgan fingerprint density at radius 2 is 2.10 bits per heavy atom. The summed E-state index contributed by atoms with van der Waals surface area (Å²) >= 11 is 0. The van der Waals surface area contributed by atoms with Crippen molar-refractivity contribution in [3.8, 4) is 0 Å². The van der Waals surface area contributed by atoms with Crippen molar-refractivity contribution in [1.29, 1.82) is 0 Å². The summed E-state index contributed by atoms with van der Waals surface area (Å²) in [7, 11) is 0. The molecule has 0 amide bonds. The van der Waals surface area contributed by atoms with E-state index in [2.05, 4.69) is 0 Å². The highest BCUT2D eigenvalue weighted by atomic mass is 19.1. The Morgan fingerprint density at radius 3 is 2.80 bits per heavy atom. The van der Waals surface area contributed by atoms with Gasteiger partial charge in [-0.3, -0.25) is 0 Å². The van der Waals surface area contributed by atoms with E-state index in [0.717, 1.165) is 18.9 Å². The fourth-order valence-electron chi connectivity index (χ4n) is 2.91. The summed E-state index contributed by atoms with van der Waals surface area (Å²) in [5, 5.41) is 9.20. The number of benzene rings is 1. The Morgan fingerprint density at radius 1 is 1.35 bits per heavy atom. The van der Waals surface area contributed by atoms with Gasteiger partial charge in [-0.05, 0) is 18.6 Å². The molecule has 2 saturated heterocycles. The number of anilines is 1. The zero-order valence-electron chi connectivity index (χ0n) is 11.0. The zero-order chi connectivity index (χ0) is 14.2. The van der Waals surface area contributed by atoms with Gasteiger partial charge in [-0.25, -0.2) is 9.18 Å². The average Bonchev–Trinajstić information content (AvgIpc) is 2.86. The van der Waals surface area contributed by atoms with Crippen LogP contribution in [-0.2, 0) is 9.47 Å². The number of carbonyl (C=O) groups is 1. The molecule has 0 saturated carbocycles. The number of nitrogens with zero attached hydrogens (tertiary/aromatic N) is 1. The number of rotatable bonds is 2. The van der Waals surface area contributed by atoms with Crippen LogP contribution in [0.3, 0.4) is 0 Å². The molecule has 2 aliphatic heterocycles. The van der Waals surface area contributed by atoms with Crippen molar-refractivity contribution >= 4 is 11.7 Å². The molecule has 1 N–H and O–H groups in total. The molecule has 0 radical (unpaired) electrons. The molecule has 20 heavy (non-hydrogen) atoms. The van der Waals surface area contributed by atoms with E-state index in [-0.39, 0.29) is 5.56 Å². The van der Waals surface area contributed by atoms with Crippen molar-refractivity contribution in [2.24, 2.45) is 0 Å². The molecule has 0 bridgehead atoms. The summed E-state index contributed by atoms with van der Waals surface area (Å²) in [6, 6.07) is 4.31. The number of carboxylic acid groups (broad SMARTS) is 1. The molecule has 2 aliphatic rings. The summed E-state index contributed by atoms with van der Waals surface area (Å²) in [4.78, 5) is 13.1. The van der Waals surface area contributed by atoms with Gasteiger partial charge < -0.3 is 19.5 Å². The lowest BCUT2D eigenvalue weighted by Gasteiger charge is -2.40. The summed E-state index contributed by atoms with van der Waals surface area (Å²) in [5.74, 6) is -2.64. The Labute approximate surface area is 115 Å². The van der Waals surface area contributed by atoms with Crippen LogP contribution in [0, 0.1) is 5.82 Å². The van der Waals surface area contributed by atoms with E-state index in [4.69, 9.17) is 9.47 Å². The fraction of sp³-hybridized carbons (Fsp3) is 0.500. The van der Waals surface area contributed by atoms with Gasteiger partial charge in [0.1, 0.15) is 11.4 Å². The monoisotopic (exact) mass is 281 g/mol. The Balaban J connectivity index is 1.93. The van der Waals surface area contributed by atoms with E-state index in [9.17, 15) is 14.3 Å². The second kappa shape index (κ2) is 5.03. The molecule has 1 aromatic rings. The quantitative estimate of drug-likeness (QED) is 0.896. The minimum Gasteiger partial charge on any atom is -0.478 e. The van der Waals surface area contributed by atoms with Crippen molar-refractivity contribution in [1.82, 2.24) is 0 Å². The number of hydrogen-bond acceptors (Lipinski definition) is 4. The van der Waals surface area contributed by atoms with Crippen LogP contribution in [-0.4, -0.2) is 43.2 Å². The molecule has 6 heteroatoms. The smallest absolute Gasteiger partial charge is 0.340 e. The van der Waals surface area contributed by atoms with Crippen LogP contribution < -0.4 is 4.90 Å². The van der Waals surface area contributed by atoms with E-state index >= 15 is 0 Å². The molecular formula is C14H16FNO4.